The van der Waals surface area contributed by atoms with Crippen LogP contribution < -0.4 is 4.74 Å². The smallest absolute Gasteiger partial charge is 0.311 e. The zero-order valence-corrected chi connectivity index (χ0v) is 8.95. The van der Waals surface area contributed by atoms with E-state index in [9.17, 15) is 4.79 Å². The van der Waals surface area contributed by atoms with E-state index in [1.807, 2.05) is 12.1 Å². The van der Waals surface area contributed by atoms with Crippen LogP contribution in [-0.4, -0.2) is 17.7 Å². The zero-order chi connectivity index (χ0) is 10.1. The molecule has 1 N–H and O–H groups in total. The van der Waals surface area contributed by atoms with Gasteiger partial charge in [-0.3, -0.25) is 4.79 Å². The Balaban J connectivity index is 2.49. The summed E-state index contributed by atoms with van der Waals surface area (Å²) in [6, 6.07) is 5.48. The van der Waals surface area contributed by atoms with Gasteiger partial charge in [0.1, 0.15) is 5.75 Å². The molecular formula is C10H9BrO3. The fourth-order valence-corrected chi connectivity index (χ4v) is 2.14. The van der Waals surface area contributed by atoms with E-state index >= 15 is 0 Å². The molecule has 1 atom stereocenters. The number of para-hydroxylation sites is 1. The second-order valence-electron chi connectivity index (χ2n) is 3.19. The third kappa shape index (κ3) is 1.50. The van der Waals surface area contributed by atoms with Crippen molar-refractivity contribution in [3.05, 3.63) is 28.2 Å². The lowest BCUT2D eigenvalue weighted by molar-refractivity contribution is -0.139. The van der Waals surface area contributed by atoms with E-state index in [0.717, 1.165) is 10.0 Å². The number of rotatable bonds is 1. The van der Waals surface area contributed by atoms with Gasteiger partial charge in [-0.1, -0.05) is 12.1 Å². The summed E-state index contributed by atoms with van der Waals surface area (Å²) < 4.78 is 6.24. The molecule has 0 aromatic heterocycles. The summed E-state index contributed by atoms with van der Waals surface area (Å²) in [4.78, 5) is 11.0. The first kappa shape index (κ1) is 9.52. The zero-order valence-electron chi connectivity index (χ0n) is 7.37. The van der Waals surface area contributed by atoms with Crippen LogP contribution in [0.1, 0.15) is 17.9 Å². The Morgan fingerprint density at radius 3 is 3.07 bits per heavy atom. The lowest BCUT2D eigenvalue weighted by Crippen LogP contribution is -2.20. The number of aliphatic carboxylic acids is 1. The maximum absolute atomic E-state index is 11.0. The predicted molar refractivity (Wildman–Crippen MR) is 54.6 cm³/mol. The summed E-state index contributed by atoms with van der Waals surface area (Å²) in [5.41, 5.74) is 0.762. The fourth-order valence-electron chi connectivity index (χ4n) is 1.64. The molecule has 74 valence electrons. The average Bonchev–Trinajstić information content (AvgIpc) is 2.17. The van der Waals surface area contributed by atoms with Crippen LogP contribution in [0, 0.1) is 0 Å². The molecule has 1 aliphatic heterocycles. The highest BCUT2D eigenvalue weighted by atomic mass is 79.9. The molecule has 14 heavy (non-hydrogen) atoms. The third-order valence-electron chi connectivity index (χ3n) is 2.32. The second-order valence-corrected chi connectivity index (χ2v) is 4.04. The molecule has 1 aromatic rings. The largest absolute Gasteiger partial charge is 0.492 e. The Bertz CT molecular complexity index is 376. The molecule has 4 heteroatoms. The van der Waals surface area contributed by atoms with Crippen LogP contribution in [0.25, 0.3) is 0 Å². The van der Waals surface area contributed by atoms with Gasteiger partial charge in [-0.15, -0.1) is 0 Å². The van der Waals surface area contributed by atoms with Gasteiger partial charge in [0.25, 0.3) is 0 Å². The fraction of sp³-hybridized carbons (Fsp3) is 0.300. The number of carbonyl (C=O) groups is 1. The molecule has 1 aromatic carbocycles. The number of carboxylic acids is 1. The number of hydrogen-bond acceptors (Lipinski definition) is 2. The van der Waals surface area contributed by atoms with E-state index in [2.05, 4.69) is 15.9 Å². The summed E-state index contributed by atoms with van der Waals surface area (Å²) in [6.45, 7) is 0.465. The highest BCUT2D eigenvalue weighted by Gasteiger charge is 2.28. The summed E-state index contributed by atoms with van der Waals surface area (Å²) in [5.74, 6) is -0.546. The number of hydrogen-bond donors (Lipinski definition) is 1. The number of benzene rings is 1. The molecule has 1 aliphatic rings. The summed E-state index contributed by atoms with van der Waals surface area (Å²) in [5, 5.41) is 9.01. The van der Waals surface area contributed by atoms with E-state index in [-0.39, 0.29) is 0 Å². The van der Waals surface area contributed by atoms with Gasteiger partial charge < -0.3 is 9.84 Å². The van der Waals surface area contributed by atoms with Crippen molar-refractivity contribution in [2.75, 3.05) is 6.61 Å². The molecule has 2 rings (SSSR count). The van der Waals surface area contributed by atoms with Crippen LogP contribution >= 0.6 is 15.9 Å². The molecule has 0 amide bonds. The molecule has 0 radical (unpaired) electrons. The van der Waals surface area contributed by atoms with Gasteiger partial charge in [-0.2, -0.15) is 0 Å². The lowest BCUT2D eigenvalue weighted by Gasteiger charge is -2.23. The van der Waals surface area contributed by atoms with Crippen molar-refractivity contribution in [2.24, 2.45) is 0 Å². The van der Waals surface area contributed by atoms with Crippen molar-refractivity contribution in [2.45, 2.75) is 12.3 Å². The third-order valence-corrected chi connectivity index (χ3v) is 2.95. The number of ether oxygens (including phenoxy) is 1. The molecule has 0 saturated heterocycles. The summed E-state index contributed by atoms with van der Waals surface area (Å²) in [7, 11) is 0. The first-order valence-corrected chi connectivity index (χ1v) is 5.13. The van der Waals surface area contributed by atoms with Gasteiger partial charge in [-0.25, -0.2) is 0 Å². The normalized spacial score (nSPS) is 19.6. The van der Waals surface area contributed by atoms with Crippen LogP contribution in [0.3, 0.4) is 0 Å². The van der Waals surface area contributed by atoms with Crippen molar-refractivity contribution in [3.8, 4) is 5.75 Å². The quantitative estimate of drug-likeness (QED) is 0.840. The minimum absolute atomic E-state index is 0.434. The van der Waals surface area contributed by atoms with Crippen molar-refractivity contribution in [1.29, 1.82) is 0 Å². The predicted octanol–water partition coefficient (Wildman–Crippen LogP) is 2.40. The highest BCUT2D eigenvalue weighted by Crippen LogP contribution is 2.38. The molecule has 0 saturated carbocycles. The van der Waals surface area contributed by atoms with Gasteiger partial charge >= 0.3 is 5.97 Å². The van der Waals surface area contributed by atoms with Crippen molar-refractivity contribution < 1.29 is 14.6 Å². The second kappa shape index (κ2) is 3.61. The maximum atomic E-state index is 11.0. The van der Waals surface area contributed by atoms with Crippen LogP contribution in [0.4, 0.5) is 0 Å². The lowest BCUT2D eigenvalue weighted by atomic mass is 9.93. The van der Waals surface area contributed by atoms with Crippen molar-refractivity contribution in [1.82, 2.24) is 0 Å². The SMILES string of the molecule is O=C(O)[C@@H]1CCOc2c(Br)cccc21. The summed E-state index contributed by atoms with van der Waals surface area (Å²) >= 11 is 3.34. The molecular weight excluding hydrogens is 248 g/mol. The Morgan fingerprint density at radius 1 is 1.57 bits per heavy atom. The Morgan fingerprint density at radius 2 is 2.36 bits per heavy atom. The number of fused-ring (bicyclic) bond motifs is 1. The van der Waals surface area contributed by atoms with Crippen LogP contribution in [-0.2, 0) is 4.79 Å². The maximum Gasteiger partial charge on any atom is 0.311 e. The molecule has 3 nitrogen and oxygen atoms in total. The standard InChI is InChI=1S/C10H9BrO3/c11-8-3-1-2-6-7(10(12)13)4-5-14-9(6)8/h1-3,7H,4-5H2,(H,12,13)/t7-/m1/s1. The Labute approximate surface area is 89.8 Å². The molecule has 0 fully saturated rings. The van der Waals surface area contributed by atoms with E-state index in [0.29, 0.717) is 18.8 Å². The van der Waals surface area contributed by atoms with Gasteiger partial charge in [0.05, 0.1) is 17.0 Å². The Kier molecular flexibility index (Phi) is 2.46. The molecule has 0 bridgehead atoms. The van der Waals surface area contributed by atoms with E-state index in [1.165, 1.54) is 0 Å². The highest BCUT2D eigenvalue weighted by molar-refractivity contribution is 9.10. The van der Waals surface area contributed by atoms with E-state index < -0.39 is 11.9 Å². The minimum atomic E-state index is -0.785. The first-order chi connectivity index (χ1) is 6.70. The number of carboxylic acid groups (broad SMARTS) is 1. The van der Waals surface area contributed by atoms with Gasteiger partial charge in [-0.05, 0) is 28.4 Å². The van der Waals surface area contributed by atoms with Crippen molar-refractivity contribution >= 4 is 21.9 Å². The number of halogens is 1. The first-order valence-electron chi connectivity index (χ1n) is 4.34. The Hall–Kier alpha value is -1.03. The summed E-state index contributed by atoms with van der Waals surface area (Å²) in [6.07, 6.45) is 0.540. The average molecular weight is 257 g/mol. The van der Waals surface area contributed by atoms with Gasteiger partial charge in [0, 0.05) is 5.56 Å². The monoisotopic (exact) mass is 256 g/mol. The van der Waals surface area contributed by atoms with E-state index in [4.69, 9.17) is 9.84 Å². The van der Waals surface area contributed by atoms with Gasteiger partial charge in [0.15, 0.2) is 0 Å². The molecule has 1 heterocycles. The minimum Gasteiger partial charge on any atom is -0.492 e. The molecule has 0 aliphatic carbocycles. The molecule has 0 unspecified atom stereocenters. The van der Waals surface area contributed by atoms with Crippen molar-refractivity contribution in [3.63, 3.8) is 0 Å². The molecule has 0 spiro atoms. The van der Waals surface area contributed by atoms with Crippen LogP contribution in [0.15, 0.2) is 22.7 Å². The van der Waals surface area contributed by atoms with Crippen LogP contribution in [0.2, 0.25) is 0 Å². The van der Waals surface area contributed by atoms with Gasteiger partial charge in [0.2, 0.25) is 0 Å². The topological polar surface area (TPSA) is 46.5 Å². The van der Waals surface area contributed by atoms with E-state index in [1.54, 1.807) is 6.07 Å². The van der Waals surface area contributed by atoms with Crippen LogP contribution in [0.5, 0.6) is 5.75 Å².